The van der Waals surface area contributed by atoms with Crippen LogP contribution in [-0.4, -0.2) is 40.5 Å². The van der Waals surface area contributed by atoms with Crippen molar-refractivity contribution in [1.29, 1.82) is 0 Å². The SMILES string of the molecule is O=C1CC(N2Cc3ccccc3CC2C(=O)O)CCCN1. The summed E-state index contributed by atoms with van der Waals surface area (Å²) in [4.78, 5) is 25.4. The zero-order valence-corrected chi connectivity index (χ0v) is 11.9. The van der Waals surface area contributed by atoms with Gasteiger partial charge in [-0.05, 0) is 30.4 Å². The predicted octanol–water partition coefficient (Wildman–Crippen LogP) is 1.17. The number of carbonyl (C=O) groups excluding carboxylic acids is 1. The fraction of sp³-hybridized carbons (Fsp3) is 0.500. The Labute approximate surface area is 123 Å². The molecular formula is C16H20N2O3. The highest BCUT2D eigenvalue weighted by atomic mass is 16.4. The van der Waals surface area contributed by atoms with E-state index in [2.05, 4.69) is 11.4 Å². The van der Waals surface area contributed by atoms with Crippen molar-refractivity contribution in [3.63, 3.8) is 0 Å². The van der Waals surface area contributed by atoms with Crippen LogP contribution in [0.25, 0.3) is 0 Å². The first kappa shape index (κ1) is 14.1. The monoisotopic (exact) mass is 288 g/mol. The van der Waals surface area contributed by atoms with Crippen molar-refractivity contribution in [1.82, 2.24) is 10.2 Å². The molecule has 1 aromatic carbocycles. The van der Waals surface area contributed by atoms with Gasteiger partial charge in [0.05, 0.1) is 0 Å². The number of carbonyl (C=O) groups is 2. The Morgan fingerprint density at radius 3 is 2.76 bits per heavy atom. The van der Waals surface area contributed by atoms with Gasteiger partial charge in [-0.2, -0.15) is 0 Å². The van der Waals surface area contributed by atoms with E-state index in [1.54, 1.807) is 0 Å². The van der Waals surface area contributed by atoms with E-state index in [4.69, 9.17) is 0 Å². The Hall–Kier alpha value is -1.88. The second kappa shape index (κ2) is 5.85. The van der Waals surface area contributed by atoms with Crippen molar-refractivity contribution in [3.05, 3.63) is 35.4 Å². The first-order valence-electron chi connectivity index (χ1n) is 7.47. The van der Waals surface area contributed by atoms with Crippen LogP contribution < -0.4 is 5.32 Å². The average molecular weight is 288 g/mol. The highest BCUT2D eigenvalue weighted by molar-refractivity contribution is 5.77. The molecule has 0 saturated carbocycles. The third kappa shape index (κ3) is 2.93. The fourth-order valence-electron chi connectivity index (χ4n) is 3.39. The highest BCUT2D eigenvalue weighted by Gasteiger charge is 2.36. The summed E-state index contributed by atoms with van der Waals surface area (Å²) in [7, 11) is 0. The lowest BCUT2D eigenvalue weighted by atomic mass is 9.91. The lowest BCUT2D eigenvalue weighted by Crippen LogP contribution is -2.51. The fourth-order valence-corrected chi connectivity index (χ4v) is 3.39. The summed E-state index contributed by atoms with van der Waals surface area (Å²) in [6.07, 6.45) is 2.68. The second-order valence-corrected chi connectivity index (χ2v) is 5.85. The van der Waals surface area contributed by atoms with E-state index in [-0.39, 0.29) is 11.9 Å². The molecule has 0 bridgehead atoms. The van der Waals surface area contributed by atoms with Gasteiger partial charge in [-0.3, -0.25) is 14.5 Å². The van der Waals surface area contributed by atoms with Crippen LogP contribution in [0.15, 0.2) is 24.3 Å². The van der Waals surface area contributed by atoms with Gasteiger partial charge in [0.25, 0.3) is 0 Å². The van der Waals surface area contributed by atoms with Crippen LogP contribution in [0, 0.1) is 0 Å². The van der Waals surface area contributed by atoms with E-state index in [0.29, 0.717) is 25.9 Å². The molecule has 112 valence electrons. The van der Waals surface area contributed by atoms with Crippen molar-refractivity contribution in [3.8, 4) is 0 Å². The minimum atomic E-state index is -0.797. The molecule has 5 heteroatoms. The van der Waals surface area contributed by atoms with Gasteiger partial charge in [0.15, 0.2) is 0 Å². The van der Waals surface area contributed by atoms with Crippen LogP contribution in [0.3, 0.4) is 0 Å². The molecule has 1 saturated heterocycles. The third-order valence-electron chi connectivity index (χ3n) is 4.50. The molecule has 0 aliphatic carbocycles. The zero-order chi connectivity index (χ0) is 14.8. The van der Waals surface area contributed by atoms with Crippen molar-refractivity contribution < 1.29 is 14.7 Å². The molecule has 1 aromatic rings. The summed E-state index contributed by atoms with van der Waals surface area (Å²) in [5.74, 6) is -0.769. The molecule has 2 unspecified atom stereocenters. The molecule has 1 fully saturated rings. The topological polar surface area (TPSA) is 69.6 Å². The van der Waals surface area contributed by atoms with Crippen LogP contribution in [0.4, 0.5) is 0 Å². The minimum Gasteiger partial charge on any atom is -0.480 e. The zero-order valence-electron chi connectivity index (χ0n) is 11.9. The van der Waals surface area contributed by atoms with Crippen molar-refractivity contribution in [2.24, 2.45) is 0 Å². The van der Waals surface area contributed by atoms with E-state index in [9.17, 15) is 14.7 Å². The molecule has 2 atom stereocenters. The average Bonchev–Trinajstić information content (AvgIpc) is 2.70. The number of nitrogens with zero attached hydrogens (tertiary/aromatic N) is 1. The maximum Gasteiger partial charge on any atom is 0.321 e. The summed E-state index contributed by atoms with van der Waals surface area (Å²) >= 11 is 0. The molecule has 2 aliphatic rings. The molecule has 0 aromatic heterocycles. The normalized spacial score (nSPS) is 26.6. The van der Waals surface area contributed by atoms with Gasteiger partial charge >= 0.3 is 5.97 Å². The van der Waals surface area contributed by atoms with Gasteiger partial charge in [0.1, 0.15) is 6.04 Å². The predicted molar refractivity (Wildman–Crippen MR) is 77.8 cm³/mol. The van der Waals surface area contributed by atoms with Gasteiger partial charge in [0, 0.05) is 25.6 Å². The molecule has 2 aliphatic heterocycles. The standard InChI is InChI=1S/C16H20N2O3/c19-15-9-13(6-3-7-17-15)18-10-12-5-2-1-4-11(12)8-14(18)16(20)21/h1-2,4-5,13-14H,3,6-10H2,(H,17,19)(H,20,21). The molecule has 0 spiro atoms. The Balaban J connectivity index is 1.88. The van der Waals surface area contributed by atoms with Gasteiger partial charge in [-0.25, -0.2) is 0 Å². The first-order chi connectivity index (χ1) is 10.1. The molecule has 3 rings (SSSR count). The summed E-state index contributed by atoms with van der Waals surface area (Å²) in [5.41, 5.74) is 2.29. The van der Waals surface area contributed by atoms with E-state index in [0.717, 1.165) is 18.4 Å². The van der Waals surface area contributed by atoms with Gasteiger partial charge < -0.3 is 10.4 Å². The summed E-state index contributed by atoms with van der Waals surface area (Å²) in [6.45, 7) is 1.31. The second-order valence-electron chi connectivity index (χ2n) is 5.85. The molecule has 21 heavy (non-hydrogen) atoms. The minimum absolute atomic E-state index is 0.0157. The number of carboxylic acids is 1. The van der Waals surface area contributed by atoms with Gasteiger partial charge in [-0.15, -0.1) is 0 Å². The molecular weight excluding hydrogens is 268 g/mol. The number of hydrogen-bond donors (Lipinski definition) is 2. The Morgan fingerprint density at radius 2 is 2.00 bits per heavy atom. The molecule has 2 heterocycles. The van der Waals surface area contributed by atoms with Crippen molar-refractivity contribution in [2.75, 3.05) is 6.54 Å². The molecule has 1 amide bonds. The number of amides is 1. The Morgan fingerprint density at radius 1 is 1.24 bits per heavy atom. The molecule has 2 N–H and O–H groups in total. The lowest BCUT2D eigenvalue weighted by molar-refractivity contribution is -0.146. The summed E-state index contributed by atoms with van der Waals surface area (Å²) < 4.78 is 0. The van der Waals surface area contributed by atoms with Gasteiger partial charge in [-0.1, -0.05) is 24.3 Å². The maximum atomic E-state index is 11.8. The summed E-state index contributed by atoms with van der Waals surface area (Å²) in [6, 6.07) is 7.47. The highest BCUT2D eigenvalue weighted by Crippen LogP contribution is 2.28. The van der Waals surface area contributed by atoms with Crippen molar-refractivity contribution >= 4 is 11.9 Å². The van der Waals surface area contributed by atoms with Crippen LogP contribution >= 0.6 is 0 Å². The first-order valence-corrected chi connectivity index (χ1v) is 7.47. The quantitative estimate of drug-likeness (QED) is 0.857. The number of fused-ring (bicyclic) bond motifs is 1. The number of benzene rings is 1. The molecule has 5 nitrogen and oxygen atoms in total. The molecule has 0 radical (unpaired) electrons. The number of nitrogens with one attached hydrogen (secondary N) is 1. The van der Waals surface area contributed by atoms with Crippen LogP contribution in [0.5, 0.6) is 0 Å². The number of rotatable bonds is 2. The van der Waals surface area contributed by atoms with E-state index >= 15 is 0 Å². The van der Waals surface area contributed by atoms with Gasteiger partial charge in [0.2, 0.25) is 5.91 Å². The lowest BCUT2D eigenvalue weighted by Gasteiger charge is -2.39. The van der Waals surface area contributed by atoms with Crippen LogP contribution in [0.1, 0.15) is 30.4 Å². The summed E-state index contributed by atoms with van der Waals surface area (Å²) in [5, 5.41) is 12.4. The number of carboxylic acid groups (broad SMARTS) is 1. The van der Waals surface area contributed by atoms with E-state index in [1.165, 1.54) is 5.56 Å². The number of aliphatic carboxylic acids is 1. The van der Waals surface area contributed by atoms with Crippen LogP contribution in [-0.2, 0) is 22.6 Å². The Bertz CT molecular complexity index is 558. The van der Waals surface area contributed by atoms with E-state index in [1.807, 2.05) is 23.1 Å². The largest absolute Gasteiger partial charge is 0.480 e. The van der Waals surface area contributed by atoms with E-state index < -0.39 is 12.0 Å². The smallest absolute Gasteiger partial charge is 0.321 e. The third-order valence-corrected chi connectivity index (χ3v) is 4.50. The Kier molecular flexibility index (Phi) is 3.92. The van der Waals surface area contributed by atoms with Crippen LogP contribution in [0.2, 0.25) is 0 Å². The maximum absolute atomic E-state index is 11.8. The number of hydrogen-bond acceptors (Lipinski definition) is 3. The van der Waals surface area contributed by atoms with Crippen molar-refractivity contribution in [2.45, 2.75) is 44.3 Å².